The van der Waals surface area contributed by atoms with Gasteiger partial charge < -0.3 is 20.1 Å². The van der Waals surface area contributed by atoms with E-state index < -0.39 is 5.82 Å². The number of hydrogen-bond acceptors (Lipinski definition) is 5. The van der Waals surface area contributed by atoms with Crippen molar-refractivity contribution in [2.75, 3.05) is 33.4 Å². The quantitative estimate of drug-likeness (QED) is 0.434. The van der Waals surface area contributed by atoms with Crippen LogP contribution in [0.5, 0.6) is 5.75 Å². The molecule has 2 rings (SSSR count). The number of carbonyl (C=O) groups excluding carboxylic acids is 1. The van der Waals surface area contributed by atoms with Crippen molar-refractivity contribution in [2.45, 2.75) is 26.3 Å². The zero-order chi connectivity index (χ0) is 17.5. The molecule has 24 heavy (non-hydrogen) atoms. The second-order valence-corrected chi connectivity index (χ2v) is 5.96. The molecule has 0 atom stereocenters. The number of aromatic hydroxyl groups is 1. The maximum Gasteiger partial charge on any atom is 0.191 e. The molecular formula is C18H25FN2O3. The van der Waals surface area contributed by atoms with E-state index in [2.05, 4.69) is 10.2 Å². The molecule has 1 heterocycles. The number of phenolic OH excluding ortho intramolecular Hbond substituents is 1. The van der Waals surface area contributed by atoms with Crippen molar-refractivity contribution in [2.24, 2.45) is 0 Å². The summed E-state index contributed by atoms with van der Waals surface area (Å²) in [6.45, 7) is 4.72. The molecule has 0 bridgehead atoms. The number of carbonyl (C=O) groups is 1. The number of nitrogens with one attached hydrogen (secondary N) is 1. The van der Waals surface area contributed by atoms with Crippen LogP contribution in [0.3, 0.4) is 0 Å². The summed E-state index contributed by atoms with van der Waals surface area (Å²) in [4.78, 5) is 14.4. The van der Waals surface area contributed by atoms with Crippen molar-refractivity contribution >= 4 is 5.78 Å². The van der Waals surface area contributed by atoms with Crippen LogP contribution < -0.4 is 5.32 Å². The molecule has 0 saturated carbocycles. The lowest BCUT2D eigenvalue weighted by Gasteiger charge is -2.13. The molecule has 0 amide bonds. The van der Waals surface area contributed by atoms with Gasteiger partial charge in [-0.2, -0.15) is 0 Å². The average molecular weight is 336 g/mol. The number of hydrogen-bond donors (Lipinski definition) is 2. The van der Waals surface area contributed by atoms with Crippen molar-refractivity contribution in [3.8, 4) is 5.75 Å². The number of ether oxygens (including phenoxy) is 1. The van der Waals surface area contributed by atoms with Gasteiger partial charge in [-0.05, 0) is 25.8 Å². The number of methoxy groups -OCH3 is 1. The summed E-state index contributed by atoms with van der Waals surface area (Å²) in [5, 5.41) is 13.2. The van der Waals surface area contributed by atoms with Gasteiger partial charge >= 0.3 is 0 Å². The van der Waals surface area contributed by atoms with Crippen LogP contribution in [0.1, 0.15) is 34.3 Å². The molecule has 2 N–H and O–H groups in total. The molecule has 1 saturated heterocycles. The molecule has 6 heteroatoms. The SMILES string of the molecule is COCCNCc1cc(C(=O)C=CN2CCCC2)c(O)c(C)c1F. The average Bonchev–Trinajstić information content (AvgIpc) is 3.09. The minimum Gasteiger partial charge on any atom is -0.507 e. The smallest absolute Gasteiger partial charge is 0.191 e. The van der Waals surface area contributed by atoms with Gasteiger partial charge in [-0.1, -0.05) is 0 Å². The summed E-state index contributed by atoms with van der Waals surface area (Å²) >= 11 is 0. The zero-order valence-corrected chi connectivity index (χ0v) is 14.3. The Bertz CT molecular complexity index is 611. The molecule has 0 aliphatic carbocycles. The molecule has 0 spiro atoms. The maximum atomic E-state index is 14.3. The largest absolute Gasteiger partial charge is 0.507 e. The first-order chi connectivity index (χ1) is 11.5. The van der Waals surface area contributed by atoms with Crippen LogP contribution in [-0.2, 0) is 11.3 Å². The second-order valence-electron chi connectivity index (χ2n) is 5.96. The third kappa shape index (κ3) is 4.55. The predicted molar refractivity (Wildman–Crippen MR) is 90.7 cm³/mol. The molecule has 0 unspecified atom stereocenters. The van der Waals surface area contributed by atoms with Crippen molar-refractivity contribution < 1.29 is 19.0 Å². The molecule has 0 aromatic heterocycles. The lowest BCUT2D eigenvalue weighted by Crippen LogP contribution is -2.20. The van der Waals surface area contributed by atoms with Crippen molar-refractivity contribution in [1.29, 1.82) is 0 Å². The number of ketones is 1. The molecule has 0 radical (unpaired) electrons. The van der Waals surface area contributed by atoms with Crippen molar-refractivity contribution in [1.82, 2.24) is 10.2 Å². The van der Waals surface area contributed by atoms with Gasteiger partial charge in [-0.15, -0.1) is 0 Å². The van der Waals surface area contributed by atoms with E-state index in [4.69, 9.17) is 4.74 Å². The van der Waals surface area contributed by atoms with E-state index in [0.29, 0.717) is 18.7 Å². The van der Waals surface area contributed by atoms with Crippen LogP contribution in [0.25, 0.3) is 0 Å². The van der Waals surface area contributed by atoms with E-state index in [0.717, 1.165) is 25.9 Å². The van der Waals surface area contributed by atoms with Gasteiger partial charge in [0, 0.05) is 56.7 Å². The number of halogens is 1. The maximum absolute atomic E-state index is 14.3. The van der Waals surface area contributed by atoms with Crippen molar-refractivity contribution in [3.63, 3.8) is 0 Å². The van der Waals surface area contributed by atoms with E-state index in [9.17, 15) is 14.3 Å². The topological polar surface area (TPSA) is 61.8 Å². The molecule has 1 aromatic carbocycles. The monoisotopic (exact) mass is 336 g/mol. The first-order valence-electron chi connectivity index (χ1n) is 8.21. The van der Waals surface area contributed by atoms with E-state index in [1.165, 1.54) is 19.1 Å². The Morgan fingerprint density at radius 1 is 1.46 bits per heavy atom. The van der Waals surface area contributed by atoms with E-state index in [1.54, 1.807) is 13.3 Å². The second kappa shape index (κ2) is 8.80. The number of phenols is 1. The highest BCUT2D eigenvalue weighted by Gasteiger charge is 2.18. The number of rotatable bonds is 8. The number of benzene rings is 1. The highest BCUT2D eigenvalue weighted by atomic mass is 19.1. The lowest BCUT2D eigenvalue weighted by molar-refractivity contribution is 0.104. The first-order valence-corrected chi connectivity index (χ1v) is 8.21. The van der Waals surface area contributed by atoms with Gasteiger partial charge in [0.1, 0.15) is 11.6 Å². The third-order valence-electron chi connectivity index (χ3n) is 4.18. The summed E-state index contributed by atoms with van der Waals surface area (Å²) < 4.78 is 19.2. The van der Waals surface area contributed by atoms with Crippen LogP contribution in [0, 0.1) is 12.7 Å². The normalized spacial score (nSPS) is 14.7. The molecule has 5 nitrogen and oxygen atoms in total. The van der Waals surface area contributed by atoms with Gasteiger partial charge in [0.25, 0.3) is 0 Å². The van der Waals surface area contributed by atoms with Gasteiger partial charge in [0.05, 0.1) is 12.2 Å². The van der Waals surface area contributed by atoms with Gasteiger partial charge in [0.15, 0.2) is 5.78 Å². The fourth-order valence-corrected chi connectivity index (χ4v) is 2.72. The zero-order valence-electron chi connectivity index (χ0n) is 14.3. The summed E-state index contributed by atoms with van der Waals surface area (Å²) in [7, 11) is 1.59. The van der Waals surface area contributed by atoms with Crippen LogP contribution in [-0.4, -0.2) is 49.1 Å². The summed E-state index contributed by atoms with van der Waals surface area (Å²) in [6.07, 6.45) is 5.44. The lowest BCUT2D eigenvalue weighted by atomic mass is 10.0. The highest BCUT2D eigenvalue weighted by molar-refractivity contribution is 6.06. The van der Waals surface area contributed by atoms with E-state index in [-0.39, 0.29) is 29.2 Å². The molecular weight excluding hydrogens is 311 g/mol. The van der Waals surface area contributed by atoms with E-state index in [1.807, 2.05) is 0 Å². The van der Waals surface area contributed by atoms with Crippen LogP contribution in [0.4, 0.5) is 4.39 Å². The molecule has 1 aliphatic heterocycles. The van der Waals surface area contributed by atoms with Crippen LogP contribution >= 0.6 is 0 Å². The molecule has 1 aromatic rings. The molecule has 132 valence electrons. The fraction of sp³-hybridized carbons (Fsp3) is 0.500. The predicted octanol–water partition coefficient (Wildman–Crippen LogP) is 2.37. The number of nitrogens with zero attached hydrogens (tertiary/aromatic N) is 1. The van der Waals surface area contributed by atoms with E-state index >= 15 is 0 Å². The minimum absolute atomic E-state index is 0.0963. The summed E-state index contributed by atoms with van der Waals surface area (Å²) in [5.74, 6) is -1.10. The van der Waals surface area contributed by atoms with Gasteiger partial charge in [-0.3, -0.25) is 4.79 Å². The van der Waals surface area contributed by atoms with Crippen LogP contribution in [0.2, 0.25) is 0 Å². The molecule has 1 aliphatic rings. The summed E-state index contributed by atoms with van der Waals surface area (Å²) in [6, 6.07) is 1.42. The molecule has 1 fully saturated rings. The standard InChI is InChI=1S/C18H25FN2O3/c1-13-17(19)14(12-20-6-10-24-2)11-15(18(13)23)16(22)5-9-21-7-3-4-8-21/h5,9,11,20,23H,3-4,6-8,10,12H2,1-2H3. The highest BCUT2D eigenvalue weighted by Crippen LogP contribution is 2.28. The first kappa shape index (κ1) is 18.4. The Balaban J connectivity index is 2.15. The minimum atomic E-state index is -0.488. The Morgan fingerprint density at radius 3 is 2.83 bits per heavy atom. The Hall–Kier alpha value is -1.92. The fourth-order valence-electron chi connectivity index (χ4n) is 2.72. The van der Waals surface area contributed by atoms with Crippen LogP contribution in [0.15, 0.2) is 18.3 Å². The number of allylic oxidation sites excluding steroid dienone is 1. The Labute approximate surface area is 142 Å². The number of likely N-dealkylation sites (tertiary alicyclic amines) is 1. The van der Waals surface area contributed by atoms with Gasteiger partial charge in [-0.25, -0.2) is 4.39 Å². The Kier molecular flexibility index (Phi) is 6.75. The van der Waals surface area contributed by atoms with Crippen molar-refractivity contribution in [3.05, 3.63) is 40.8 Å². The Morgan fingerprint density at radius 2 is 2.17 bits per heavy atom. The summed E-state index contributed by atoms with van der Waals surface area (Å²) in [5.41, 5.74) is 0.589. The third-order valence-corrected chi connectivity index (χ3v) is 4.18. The van der Waals surface area contributed by atoms with Gasteiger partial charge in [0.2, 0.25) is 0 Å².